The minimum atomic E-state index is -3.74. The fourth-order valence-electron chi connectivity index (χ4n) is 2.48. The van der Waals surface area contributed by atoms with Crippen LogP contribution in [0.2, 0.25) is 0 Å². The molecule has 0 bridgehead atoms. The highest BCUT2D eigenvalue weighted by Gasteiger charge is 2.20. The molecule has 3 aromatic rings. The van der Waals surface area contributed by atoms with Gasteiger partial charge in [0.05, 0.1) is 11.4 Å². The number of nitrogens with zero attached hydrogens (tertiary/aromatic N) is 2. The van der Waals surface area contributed by atoms with Crippen molar-refractivity contribution in [1.29, 1.82) is 0 Å². The lowest BCUT2D eigenvalue weighted by molar-refractivity contribution is 0.145. The monoisotopic (exact) mass is 444 g/mol. The van der Waals surface area contributed by atoms with Gasteiger partial charge in [-0.15, -0.1) is 0 Å². The molecule has 0 spiro atoms. The van der Waals surface area contributed by atoms with E-state index in [4.69, 9.17) is 0 Å². The van der Waals surface area contributed by atoms with Crippen LogP contribution in [0.3, 0.4) is 0 Å². The molecule has 0 N–H and O–H groups in total. The van der Waals surface area contributed by atoms with Crippen LogP contribution in [0.4, 0.5) is 13.2 Å². The van der Waals surface area contributed by atoms with Crippen molar-refractivity contribution in [1.82, 2.24) is 9.78 Å². The molecule has 0 fully saturated rings. The summed E-state index contributed by atoms with van der Waals surface area (Å²) < 4.78 is 65.5. The van der Waals surface area contributed by atoms with Gasteiger partial charge >= 0.3 is 0 Å². The summed E-state index contributed by atoms with van der Waals surface area (Å²) in [7, 11) is -3.74. The first-order valence-corrected chi connectivity index (χ1v) is 9.99. The van der Waals surface area contributed by atoms with Gasteiger partial charge in [-0.1, -0.05) is 28.1 Å². The van der Waals surface area contributed by atoms with E-state index in [9.17, 15) is 21.6 Å². The molecule has 0 aliphatic rings. The van der Waals surface area contributed by atoms with Crippen LogP contribution in [0.15, 0.2) is 57.9 Å². The van der Waals surface area contributed by atoms with Gasteiger partial charge in [0, 0.05) is 22.4 Å². The second kappa shape index (κ2) is 6.88. The third-order valence-electron chi connectivity index (χ3n) is 3.63. The highest BCUT2D eigenvalue weighted by Crippen LogP contribution is 2.30. The van der Waals surface area contributed by atoms with Crippen molar-refractivity contribution in [3.63, 3.8) is 0 Å². The average molecular weight is 445 g/mol. The van der Waals surface area contributed by atoms with E-state index < -0.39 is 32.7 Å². The van der Waals surface area contributed by atoms with E-state index >= 15 is 0 Å². The highest BCUT2D eigenvalue weighted by atomic mass is 79.9. The van der Waals surface area contributed by atoms with Gasteiger partial charge in [-0.05, 0) is 30.3 Å². The molecule has 2 aromatic carbocycles. The van der Waals surface area contributed by atoms with E-state index in [1.807, 2.05) is 0 Å². The Kier molecular flexibility index (Phi) is 4.94. The maximum Gasteiger partial charge on any atom is 0.282 e. The fourth-order valence-corrected chi connectivity index (χ4v) is 3.61. The Labute approximate surface area is 156 Å². The lowest BCUT2D eigenvalue weighted by Crippen LogP contribution is -2.05. The summed E-state index contributed by atoms with van der Waals surface area (Å²) in [6, 6.07) is 11.5. The Balaban J connectivity index is 2.20. The molecular formula is C17H12BrF3N2O2S. The van der Waals surface area contributed by atoms with Crippen molar-refractivity contribution in [2.45, 2.75) is 11.3 Å². The molecule has 0 aliphatic carbocycles. The van der Waals surface area contributed by atoms with Gasteiger partial charge in [-0.3, -0.25) is 0 Å². The molecule has 3 rings (SSSR count). The van der Waals surface area contributed by atoms with Crippen LogP contribution < -0.4 is 0 Å². The maximum atomic E-state index is 14.2. The number of hydrogen-bond donors (Lipinski definition) is 0. The summed E-state index contributed by atoms with van der Waals surface area (Å²) in [5.41, 5.74) is 0.587. The van der Waals surface area contributed by atoms with Crippen LogP contribution in [0.1, 0.15) is 12.1 Å². The lowest BCUT2D eigenvalue weighted by atomic mass is 10.1. The van der Waals surface area contributed by atoms with E-state index in [0.29, 0.717) is 11.3 Å². The summed E-state index contributed by atoms with van der Waals surface area (Å²) in [5, 5.41) is 3.85. The number of sulfone groups is 1. The average Bonchev–Trinajstić information content (AvgIpc) is 2.99. The Hall–Kier alpha value is -2.13. The lowest BCUT2D eigenvalue weighted by Gasteiger charge is -2.09. The van der Waals surface area contributed by atoms with Gasteiger partial charge in [0.25, 0.3) is 6.43 Å². The van der Waals surface area contributed by atoms with Gasteiger partial charge < -0.3 is 0 Å². The van der Waals surface area contributed by atoms with Crippen molar-refractivity contribution in [2.24, 2.45) is 0 Å². The summed E-state index contributed by atoms with van der Waals surface area (Å²) in [6.07, 6.45) is -1.91. The first-order chi connectivity index (χ1) is 12.2. The van der Waals surface area contributed by atoms with Crippen LogP contribution in [-0.2, 0) is 9.84 Å². The first-order valence-electron chi connectivity index (χ1n) is 7.31. The van der Waals surface area contributed by atoms with E-state index in [0.717, 1.165) is 22.9 Å². The zero-order chi connectivity index (χ0) is 19.1. The standard InChI is InChI=1S/C17H12BrF3N2O2S/c1-26(24,25)16-6-5-12(8-13(16)19)23-15(9-14(22-23)17(20)21)10-3-2-4-11(18)7-10/h2-9,17H,1H3. The molecular weight excluding hydrogens is 433 g/mol. The molecule has 0 amide bonds. The smallest absolute Gasteiger partial charge is 0.233 e. The van der Waals surface area contributed by atoms with Crippen molar-refractivity contribution in [3.05, 3.63) is 64.5 Å². The molecule has 1 heterocycles. The third-order valence-corrected chi connectivity index (χ3v) is 5.26. The van der Waals surface area contributed by atoms with E-state index in [-0.39, 0.29) is 5.69 Å². The van der Waals surface area contributed by atoms with Crippen molar-refractivity contribution < 1.29 is 21.6 Å². The zero-order valence-electron chi connectivity index (χ0n) is 13.3. The second-order valence-corrected chi connectivity index (χ2v) is 8.46. The van der Waals surface area contributed by atoms with Gasteiger partial charge in [0.15, 0.2) is 9.84 Å². The summed E-state index contributed by atoms with van der Waals surface area (Å²) >= 11 is 3.31. The van der Waals surface area contributed by atoms with Gasteiger partial charge in [-0.2, -0.15) is 5.10 Å². The SMILES string of the molecule is CS(=O)(=O)c1ccc(-n2nc(C(F)F)cc2-c2cccc(Br)c2)cc1F. The van der Waals surface area contributed by atoms with Crippen molar-refractivity contribution in [2.75, 3.05) is 6.26 Å². The third kappa shape index (κ3) is 3.68. The number of halogens is 4. The summed E-state index contributed by atoms with van der Waals surface area (Å²) in [4.78, 5) is -0.466. The van der Waals surface area contributed by atoms with Crippen LogP contribution in [-0.4, -0.2) is 24.5 Å². The normalized spacial score (nSPS) is 11.9. The molecule has 0 unspecified atom stereocenters. The molecule has 1 aromatic heterocycles. The second-order valence-electron chi connectivity index (χ2n) is 5.56. The van der Waals surface area contributed by atoms with E-state index in [2.05, 4.69) is 21.0 Å². The zero-order valence-corrected chi connectivity index (χ0v) is 15.7. The predicted molar refractivity (Wildman–Crippen MR) is 94.7 cm³/mol. The molecule has 136 valence electrons. The quantitative estimate of drug-likeness (QED) is 0.581. The molecule has 0 atom stereocenters. The van der Waals surface area contributed by atoms with E-state index in [1.165, 1.54) is 16.8 Å². The van der Waals surface area contributed by atoms with Crippen LogP contribution in [0.25, 0.3) is 16.9 Å². The Bertz CT molecular complexity index is 1080. The number of aromatic nitrogens is 2. The molecule has 0 saturated heterocycles. The molecule has 9 heteroatoms. The number of benzene rings is 2. The number of rotatable bonds is 4. The summed E-state index contributed by atoms with van der Waals surface area (Å²) in [6.45, 7) is 0. The first kappa shape index (κ1) is 18.7. The highest BCUT2D eigenvalue weighted by molar-refractivity contribution is 9.10. The minimum absolute atomic E-state index is 0.136. The van der Waals surface area contributed by atoms with Gasteiger partial charge in [0.1, 0.15) is 16.4 Å². The maximum absolute atomic E-state index is 14.2. The Morgan fingerprint density at radius 1 is 1.12 bits per heavy atom. The predicted octanol–water partition coefficient (Wildman–Crippen LogP) is 4.78. The summed E-state index contributed by atoms with van der Waals surface area (Å²) in [5.74, 6) is -0.973. The number of alkyl halides is 2. The molecule has 0 saturated carbocycles. The molecule has 0 radical (unpaired) electrons. The largest absolute Gasteiger partial charge is 0.282 e. The Morgan fingerprint density at radius 2 is 1.85 bits per heavy atom. The van der Waals surface area contributed by atoms with Crippen molar-refractivity contribution in [3.8, 4) is 16.9 Å². The number of hydrogen-bond acceptors (Lipinski definition) is 3. The van der Waals surface area contributed by atoms with Crippen LogP contribution in [0, 0.1) is 5.82 Å². The Morgan fingerprint density at radius 3 is 2.42 bits per heavy atom. The fraction of sp³-hybridized carbons (Fsp3) is 0.118. The van der Waals surface area contributed by atoms with Gasteiger partial charge in [-0.25, -0.2) is 26.3 Å². The van der Waals surface area contributed by atoms with Gasteiger partial charge in [0.2, 0.25) is 0 Å². The topological polar surface area (TPSA) is 52.0 Å². The molecule has 0 aliphatic heterocycles. The minimum Gasteiger partial charge on any atom is -0.233 e. The van der Waals surface area contributed by atoms with Crippen molar-refractivity contribution >= 4 is 25.8 Å². The van der Waals surface area contributed by atoms with Crippen LogP contribution in [0.5, 0.6) is 0 Å². The van der Waals surface area contributed by atoms with Crippen LogP contribution >= 0.6 is 15.9 Å². The molecule has 4 nitrogen and oxygen atoms in total. The van der Waals surface area contributed by atoms with E-state index in [1.54, 1.807) is 24.3 Å². The molecule has 26 heavy (non-hydrogen) atoms.